The van der Waals surface area contributed by atoms with Crippen molar-refractivity contribution in [3.05, 3.63) is 202 Å². The molecule has 4 heterocycles. The van der Waals surface area contributed by atoms with Gasteiger partial charge in [0.15, 0.2) is 5.84 Å². The minimum absolute atomic E-state index is 0.115. The fraction of sp³-hybridized carbons (Fsp3) is 0.200. The summed E-state index contributed by atoms with van der Waals surface area (Å²) in [6, 6.07) is 43.9. The van der Waals surface area contributed by atoms with Crippen LogP contribution in [0.15, 0.2) is 187 Å². The lowest BCUT2D eigenvalue weighted by atomic mass is 9.78. The van der Waals surface area contributed by atoms with Crippen LogP contribution >= 0.6 is 0 Å². The predicted octanol–water partition coefficient (Wildman–Crippen LogP) is 15.1. The van der Waals surface area contributed by atoms with Crippen molar-refractivity contribution < 1.29 is 8.83 Å². The van der Waals surface area contributed by atoms with Gasteiger partial charge in [-0.2, -0.15) is 0 Å². The maximum Gasteiger partial charge on any atom is 0.159 e. The van der Waals surface area contributed by atoms with E-state index in [1.54, 1.807) is 0 Å². The van der Waals surface area contributed by atoms with Crippen LogP contribution in [0.2, 0.25) is 0 Å². The lowest BCUT2D eigenvalue weighted by Gasteiger charge is -2.27. The van der Waals surface area contributed by atoms with Gasteiger partial charge in [-0.3, -0.25) is 0 Å². The third-order valence-corrected chi connectivity index (χ3v) is 15.3. The topological polar surface area (TPSA) is 66.3 Å². The van der Waals surface area contributed by atoms with E-state index in [0.29, 0.717) is 5.92 Å². The predicted molar refractivity (Wildman–Crippen MR) is 271 cm³/mol. The zero-order valence-electron chi connectivity index (χ0n) is 37.2. The maximum absolute atomic E-state index is 6.39. The summed E-state index contributed by atoms with van der Waals surface area (Å²) in [6.07, 6.45) is 19.1. The van der Waals surface area contributed by atoms with Crippen molar-refractivity contribution in [1.82, 2.24) is 5.32 Å². The minimum atomic E-state index is -0.269. The van der Waals surface area contributed by atoms with Crippen LogP contribution in [-0.4, -0.2) is 17.8 Å². The maximum atomic E-state index is 6.39. The molecule has 4 aliphatic carbocycles. The van der Waals surface area contributed by atoms with Gasteiger partial charge in [0, 0.05) is 61.1 Å². The van der Waals surface area contributed by atoms with Crippen molar-refractivity contribution in [2.45, 2.75) is 76.3 Å². The summed E-state index contributed by atoms with van der Waals surface area (Å²) in [4.78, 5) is 13.2. The van der Waals surface area contributed by atoms with Crippen LogP contribution in [-0.2, 0) is 5.41 Å². The summed E-state index contributed by atoms with van der Waals surface area (Å²) in [6.45, 7) is 4.78. The van der Waals surface area contributed by atoms with Gasteiger partial charge < -0.3 is 19.1 Å². The third-order valence-electron chi connectivity index (χ3n) is 15.3. The monoisotopic (exact) mass is 856 g/mol. The Hall–Kier alpha value is -7.44. The number of aliphatic imine (C=N–C) groups is 2. The molecule has 0 saturated heterocycles. The van der Waals surface area contributed by atoms with Crippen LogP contribution in [0.3, 0.4) is 0 Å². The van der Waals surface area contributed by atoms with E-state index >= 15 is 0 Å². The molecule has 0 amide bonds. The number of para-hydroxylation sites is 2. The van der Waals surface area contributed by atoms with Crippen molar-refractivity contribution >= 4 is 78.1 Å². The third kappa shape index (κ3) is 5.66. The van der Waals surface area contributed by atoms with Gasteiger partial charge in [0.25, 0.3) is 0 Å². The molecule has 2 aliphatic heterocycles. The molecular formula is C60H48N4O2. The van der Waals surface area contributed by atoms with Crippen molar-refractivity contribution in [3.8, 4) is 0 Å². The second-order valence-electron chi connectivity index (χ2n) is 19.4. The van der Waals surface area contributed by atoms with Crippen molar-refractivity contribution in [2.24, 2.45) is 9.98 Å². The highest BCUT2D eigenvalue weighted by molar-refractivity contribution is 6.22. The van der Waals surface area contributed by atoms with Gasteiger partial charge >= 0.3 is 0 Å². The Morgan fingerprint density at radius 3 is 2.42 bits per heavy atom. The SMILES string of the molecule is CC1(C)C2=C(CCC(c3ccc4c(c3)C3CCCC=C3N4c3cccc(C4=NC(C5=CCCC=C5)NC(c5cccc6oc7ccccc7c56)=N4)c3)=C2)c2cc3c(cc21)oc1ccccc13. The van der Waals surface area contributed by atoms with Crippen molar-refractivity contribution in [3.63, 3.8) is 0 Å². The average Bonchev–Trinajstić information content (AvgIpc) is 4.09. The Morgan fingerprint density at radius 1 is 0.697 bits per heavy atom. The van der Waals surface area contributed by atoms with E-state index in [1.807, 2.05) is 18.2 Å². The quantitative estimate of drug-likeness (QED) is 0.187. The van der Waals surface area contributed by atoms with E-state index in [2.05, 4.69) is 158 Å². The first-order valence-electron chi connectivity index (χ1n) is 23.8. The molecule has 0 saturated carbocycles. The smallest absolute Gasteiger partial charge is 0.159 e. The number of fused-ring (bicyclic) bond motifs is 11. The van der Waals surface area contributed by atoms with E-state index < -0.39 is 0 Å². The molecule has 0 fully saturated rings. The lowest BCUT2D eigenvalue weighted by Crippen LogP contribution is -2.40. The summed E-state index contributed by atoms with van der Waals surface area (Å²) < 4.78 is 12.7. The fourth-order valence-electron chi connectivity index (χ4n) is 12.0. The molecule has 6 heteroatoms. The number of anilines is 2. The molecule has 6 aromatic carbocycles. The largest absolute Gasteiger partial charge is 0.456 e. The fourth-order valence-corrected chi connectivity index (χ4v) is 12.0. The molecule has 66 heavy (non-hydrogen) atoms. The lowest BCUT2D eigenvalue weighted by molar-refractivity contribution is 0.634. The number of furan rings is 2. The number of nitrogens with zero attached hydrogens (tertiary/aromatic N) is 3. The van der Waals surface area contributed by atoms with Gasteiger partial charge in [-0.05, 0) is 144 Å². The van der Waals surface area contributed by atoms with E-state index in [4.69, 9.17) is 18.8 Å². The standard InChI is InChI=1S/C60H48N4O2/c1-60(2)48-32-37(26-28-40(48)45-33-47-42-19-7-10-23-52(42)66-55(47)34-49(45)60)36-27-29-51-46(31-36)41-18-6-9-22-50(41)64(51)39-17-12-16-38(30-39)58-61-57(35-14-4-3-5-15-35)62-59(63-58)44-21-13-25-54-56(44)43-20-8-11-24-53(43)65-54/h4,7-8,10-17,19-25,27,29-34,41,57H,3,5-6,9,18,26,28H2,1-2H3,(H,61,62,63). The molecular weight excluding hydrogens is 809 g/mol. The highest BCUT2D eigenvalue weighted by Gasteiger charge is 2.40. The number of amidine groups is 2. The molecule has 6 aliphatic rings. The average molecular weight is 857 g/mol. The molecule has 320 valence electrons. The molecule has 2 atom stereocenters. The number of rotatable bonds is 5. The Morgan fingerprint density at radius 2 is 1.53 bits per heavy atom. The molecule has 0 bridgehead atoms. The summed E-state index contributed by atoms with van der Waals surface area (Å²) >= 11 is 0. The highest BCUT2D eigenvalue weighted by atomic mass is 16.3. The molecule has 2 unspecified atom stereocenters. The zero-order chi connectivity index (χ0) is 43.7. The van der Waals surface area contributed by atoms with Gasteiger partial charge in [0.05, 0.1) is 0 Å². The van der Waals surface area contributed by atoms with Crippen LogP contribution in [0.25, 0.3) is 55.0 Å². The number of hydrogen-bond acceptors (Lipinski definition) is 6. The first-order valence-corrected chi connectivity index (χ1v) is 23.8. The molecule has 1 N–H and O–H groups in total. The van der Waals surface area contributed by atoms with Crippen molar-refractivity contribution in [2.75, 3.05) is 4.90 Å². The molecule has 0 spiro atoms. The van der Waals surface area contributed by atoms with Crippen LogP contribution in [0.5, 0.6) is 0 Å². The Labute approximate surface area is 383 Å². The van der Waals surface area contributed by atoms with Crippen LogP contribution < -0.4 is 10.2 Å². The number of allylic oxidation sites excluding steroid dienone is 8. The summed E-state index contributed by atoms with van der Waals surface area (Å²) in [5, 5.41) is 8.29. The van der Waals surface area contributed by atoms with Crippen molar-refractivity contribution in [1.29, 1.82) is 0 Å². The summed E-state index contributed by atoms with van der Waals surface area (Å²) in [5.74, 6) is 1.88. The molecule has 14 rings (SSSR count). The number of hydrogen-bond donors (Lipinski definition) is 1. The Kier molecular flexibility index (Phi) is 8.20. The first kappa shape index (κ1) is 37.9. The molecule has 8 aromatic rings. The summed E-state index contributed by atoms with van der Waals surface area (Å²) in [5.41, 5.74) is 20.5. The van der Waals surface area contributed by atoms with E-state index in [-0.39, 0.29) is 11.6 Å². The van der Waals surface area contributed by atoms with E-state index in [9.17, 15) is 0 Å². The normalized spacial score (nSPS) is 20.7. The molecule has 0 radical (unpaired) electrons. The van der Waals surface area contributed by atoms with E-state index in [0.717, 1.165) is 106 Å². The van der Waals surface area contributed by atoms with Gasteiger partial charge in [-0.25, -0.2) is 9.98 Å². The van der Waals surface area contributed by atoms with Gasteiger partial charge in [0.2, 0.25) is 0 Å². The molecule has 2 aromatic heterocycles. The van der Waals surface area contributed by atoms with Gasteiger partial charge in [-0.1, -0.05) is 111 Å². The minimum Gasteiger partial charge on any atom is -0.456 e. The van der Waals surface area contributed by atoms with E-state index in [1.165, 1.54) is 67.6 Å². The Bertz CT molecular complexity index is 3650. The first-order chi connectivity index (χ1) is 32.4. The zero-order valence-corrected chi connectivity index (χ0v) is 37.2. The summed E-state index contributed by atoms with van der Waals surface area (Å²) in [7, 11) is 0. The van der Waals surface area contributed by atoms with Crippen LogP contribution in [0.4, 0.5) is 11.4 Å². The van der Waals surface area contributed by atoms with Crippen LogP contribution in [0.1, 0.15) is 98.1 Å². The second-order valence-corrected chi connectivity index (χ2v) is 19.4. The molecule has 6 nitrogen and oxygen atoms in total. The number of benzene rings is 6. The second kappa shape index (κ2) is 14.3. The van der Waals surface area contributed by atoms with Crippen LogP contribution in [0, 0.1) is 0 Å². The Balaban J connectivity index is 0.837. The number of nitrogens with one attached hydrogen (secondary N) is 1. The van der Waals surface area contributed by atoms with Gasteiger partial charge in [0.1, 0.15) is 34.3 Å². The highest BCUT2D eigenvalue weighted by Crippen LogP contribution is 2.56. The van der Waals surface area contributed by atoms with Gasteiger partial charge in [-0.15, -0.1) is 0 Å².